The smallest absolute Gasteiger partial charge is 0.254 e. The summed E-state index contributed by atoms with van der Waals surface area (Å²) in [4.78, 5) is 11.7. The zero-order valence-corrected chi connectivity index (χ0v) is 9.52. The molecule has 0 aliphatic heterocycles. The Bertz CT molecular complexity index is 380. The third-order valence-electron chi connectivity index (χ3n) is 1.92. The van der Waals surface area contributed by atoms with Crippen molar-refractivity contribution in [3.05, 3.63) is 35.1 Å². The van der Waals surface area contributed by atoms with Gasteiger partial charge in [-0.3, -0.25) is 4.79 Å². The number of carbonyl (C=O) groups excluding carboxylic acids is 1. The molecule has 0 aliphatic carbocycles. The van der Waals surface area contributed by atoms with Crippen LogP contribution in [-0.4, -0.2) is 11.4 Å². The molecule has 2 nitrogen and oxygen atoms in total. The second kappa shape index (κ2) is 4.01. The van der Waals surface area contributed by atoms with Gasteiger partial charge in [0.1, 0.15) is 5.82 Å². The Kier molecular flexibility index (Phi) is 3.12. The summed E-state index contributed by atoms with van der Waals surface area (Å²) in [6.07, 6.45) is 0. The van der Waals surface area contributed by atoms with E-state index in [2.05, 4.69) is 5.32 Å². The molecule has 3 heteroatoms. The van der Waals surface area contributed by atoms with Gasteiger partial charge in [0.15, 0.2) is 0 Å². The normalized spacial score (nSPS) is 11.3. The number of rotatable bonds is 1. The largest absolute Gasteiger partial charge is 0.347 e. The summed E-state index contributed by atoms with van der Waals surface area (Å²) in [5, 5.41) is 2.72. The zero-order chi connectivity index (χ0) is 11.6. The first-order valence-corrected chi connectivity index (χ1v) is 4.89. The van der Waals surface area contributed by atoms with Gasteiger partial charge in [0.25, 0.3) is 5.91 Å². The van der Waals surface area contributed by atoms with Gasteiger partial charge in [0, 0.05) is 5.54 Å². The van der Waals surface area contributed by atoms with Gasteiger partial charge < -0.3 is 5.32 Å². The maximum absolute atomic E-state index is 13.6. The molecule has 15 heavy (non-hydrogen) atoms. The number of carbonyl (C=O) groups is 1. The molecule has 1 rings (SSSR count). The van der Waals surface area contributed by atoms with Crippen LogP contribution < -0.4 is 5.32 Å². The average molecular weight is 209 g/mol. The number of halogens is 1. The van der Waals surface area contributed by atoms with Crippen LogP contribution in [0.5, 0.6) is 0 Å². The molecule has 0 saturated carbocycles. The molecule has 0 unspecified atom stereocenters. The first-order chi connectivity index (χ1) is 6.81. The number of amides is 1. The monoisotopic (exact) mass is 209 g/mol. The Labute approximate surface area is 89.5 Å². The molecule has 1 aromatic carbocycles. The topological polar surface area (TPSA) is 29.1 Å². The third kappa shape index (κ3) is 3.05. The van der Waals surface area contributed by atoms with Crippen LogP contribution in [0.1, 0.15) is 36.7 Å². The molecule has 0 heterocycles. The number of hydrogen-bond acceptors (Lipinski definition) is 1. The zero-order valence-electron chi connectivity index (χ0n) is 9.52. The Morgan fingerprint density at radius 2 is 1.93 bits per heavy atom. The van der Waals surface area contributed by atoms with Crippen molar-refractivity contribution in [2.24, 2.45) is 0 Å². The van der Waals surface area contributed by atoms with Crippen LogP contribution in [0, 0.1) is 12.7 Å². The Hall–Kier alpha value is -1.38. The minimum absolute atomic E-state index is 0.102. The molecule has 1 N–H and O–H groups in total. The van der Waals surface area contributed by atoms with E-state index in [0.29, 0.717) is 5.56 Å². The number of nitrogens with one attached hydrogen (secondary N) is 1. The lowest BCUT2D eigenvalue weighted by atomic mass is 10.1. The molecule has 0 spiro atoms. The number of aryl methyl sites for hydroxylation is 1. The molecule has 1 amide bonds. The van der Waals surface area contributed by atoms with Crippen molar-refractivity contribution in [2.45, 2.75) is 33.2 Å². The third-order valence-corrected chi connectivity index (χ3v) is 1.92. The van der Waals surface area contributed by atoms with E-state index in [1.165, 1.54) is 6.07 Å². The van der Waals surface area contributed by atoms with Crippen LogP contribution in [0.15, 0.2) is 18.2 Å². The van der Waals surface area contributed by atoms with Crippen molar-refractivity contribution in [2.75, 3.05) is 0 Å². The minimum atomic E-state index is -0.445. The van der Waals surface area contributed by atoms with E-state index in [9.17, 15) is 9.18 Å². The van der Waals surface area contributed by atoms with Gasteiger partial charge >= 0.3 is 0 Å². The van der Waals surface area contributed by atoms with Gasteiger partial charge in [-0.05, 0) is 39.3 Å². The molecule has 0 bridgehead atoms. The summed E-state index contributed by atoms with van der Waals surface area (Å²) < 4.78 is 13.6. The molecule has 0 saturated heterocycles. The predicted octanol–water partition coefficient (Wildman–Crippen LogP) is 2.66. The fourth-order valence-corrected chi connectivity index (χ4v) is 1.23. The SMILES string of the molecule is Cc1cccc(C(=O)NC(C)(C)C)c1F. The molecular weight excluding hydrogens is 193 g/mol. The summed E-state index contributed by atoms with van der Waals surface area (Å²) in [6.45, 7) is 7.22. The fraction of sp³-hybridized carbons (Fsp3) is 0.417. The Balaban J connectivity index is 2.97. The van der Waals surface area contributed by atoms with E-state index in [0.717, 1.165) is 0 Å². The first kappa shape index (κ1) is 11.7. The summed E-state index contributed by atoms with van der Waals surface area (Å²) in [5.41, 5.74) is 0.231. The van der Waals surface area contributed by atoms with E-state index in [-0.39, 0.29) is 17.0 Å². The van der Waals surface area contributed by atoms with Crippen LogP contribution in [0.4, 0.5) is 4.39 Å². The van der Waals surface area contributed by atoms with Crippen LogP contribution >= 0.6 is 0 Å². The van der Waals surface area contributed by atoms with Gasteiger partial charge in [0.05, 0.1) is 5.56 Å². The lowest BCUT2D eigenvalue weighted by molar-refractivity contribution is 0.0915. The highest BCUT2D eigenvalue weighted by Crippen LogP contribution is 2.13. The predicted molar refractivity (Wildman–Crippen MR) is 58.4 cm³/mol. The van der Waals surface area contributed by atoms with Crippen molar-refractivity contribution in [1.29, 1.82) is 0 Å². The van der Waals surface area contributed by atoms with Crippen LogP contribution in [-0.2, 0) is 0 Å². The molecule has 0 aromatic heterocycles. The second-order valence-corrected chi connectivity index (χ2v) is 4.64. The van der Waals surface area contributed by atoms with Crippen molar-refractivity contribution in [3.63, 3.8) is 0 Å². The van der Waals surface area contributed by atoms with Crippen molar-refractivity contribution >= 4 is 5.91 Å². The van der Waals surface area contributed by atoms with E-state index in [1.54, 1.807) is 19.1 Å². The molecule has 0 fully saturated rings. The number of hydrogen-bond donors (Lipinski definition) is 1. The highest BCUT2D eigenvalue weighted by molar-refractivity contribution is 5.95. The molecule has 1 aromatic rings. The quantitative estimate of drug-likeness (QED) is 0.757. The lowest BCUT2D eigenvalue weighted by Crippen LogP contribution is -2.41. The van der Waals surface area contributed by atoms with E-state index < -0.39 is 5.82 Å². The first-order valence-electron chi connectivity index (χ1n) is 4.89. The standard InChI is InChI=1S/C12H16FNO/c1-8-6-5-7-9(10(8)13)11(15)14-12(2,3)4/h5-7H,1-4H3,(H,14,15). The average Bonchev–Trinajstić information content (AvgIpc) is 2.06. The highest BCUT2D eigenvalue weighted by atomic mass is 19.1. The fourth-order valence-electron chi connectivity index (χ4n) is 1.23. The molecule has 82 valence electrons. The Morgan fingerprint density at radius 3 is 2.47 bits per heavy atom. The Morgan fingerprint density at radius 1 is 1.33 bits per heavy atom. The van der Waals surface area contributed by atoms with Gasteiger partial charge in [-0.2, -0.15) is 0 Å². The van der Waals surface area contributed by atoms with Gasteiger partial charge in [-0.25, -0.2) is 4.39 Å². The summed E-state index contributed by atoms with van der Waals surface area (Å²) in [5.74, 6) is -0.817. The highest BCUT2D eigenvalue weighted by Gasteiger charge is 2.18. The summed E-state index contributed by atoms with van der Waals surface area (Å²) >= 11 is 0. The maximum atomic E-state index is 13.6. The molecule has 0 aliphatic rings. The van der Waals surface area contributed by atoms with E-state index in [4.69, 9.17) is 0 Å². The van der Waals surface area contributed by atoms with Crippen molar-refractivity contribution in [3.8, 4) is 0 Å². The van der Waals surface area contributed by atoms with Crippen LogP contribution in [0.25, 0.3) is 0 Å². The molecule has 0 atom stereocenters. The summed E-state index contributed by atoms with van der Waals surface area (Å²) in [7, 11) is 0. The maximum Gasteiger partial charge on any atom is 0.254 e. The molecule has 0 radical (unpaired) electrons. The van der Waals surface area contributed by atoms with E-state index >= 15 is 0 Å². The molecular formula is C12H16FNO. The minimum Gasteiger partial charge on any atom is -0.347 e. The summed E-state index contributed by atoms with van der Waals surface area (Å²) in [6, 6.07) is 4.81. The van der Waals surface area contributed by atoms with E-state index in [1.807, 2.05) is 20.8 Å². The lowest BCUT2D eigenvalue weighted by Gasteiger charge is -2.20. The van der Waals surface area contributed by atoms with Gasteiger partial charge in [0.2, 0.25) is 0 Å². The number of benzene rings is 1. The second-order valence-electron chi connectivity index (χ2n) is 4.64. The van der Waals surface area contributed by atoms with Crippen LogP contribution in [0.3, 0.4) is 0 Å². The van der Waals surface area contributed by atoms with Crippen molar-refractivity contribution < 1.29 is 9.18 Å². The van der Waals surface area contributed by atoms with Crippen molar-refractivity contribution in [1.82, 2.24) is 5.32 Å². The van der Waals surface area contributed by atoms with Crippen LogP contribution in [0.2, 0.25) is 0 Å². The van der Waals surface area contributed by atoms with Gasteiger partial charge in [-0.1, -0.05) is 12.1 Å². The van der Waals surface area contributed by atoms with Gasteiger partial charge in [-0.15, -0.1) is 0 Å².